The Balaban J connectivity index is 2.30. The molecule has 0 saturated carbocycles. The van der Waals surface area contributed by atoms with Gasteiger partial charge in [0.1, 0.15) is 0 Å². The Bertz CT molecular complexity index is 524. The maximum absolute atomic E-state index is 11.7. The van der Waals surface area contributed by atoms with E-state index < -0.39 is 0 Å². The molecule has 2 rings (SSSR count). The first-order valence-electron chi connectivity index (χ1n) is 5.87. The Kier molecular flexibility index (Phi) is 3.77. The number of carbonyl (C=O) groups excluding carboxylic acids is 1. The highest BCUT2D eigenvalue weighted by atomic mass is 16.5. The van der Waals surface area contributed by atoms with Gasteiger partial charge in [-0.05, 0) is 24.5 Å². The van der Waals surface area contributed by atoms with Gasteiger partial charge in [0.15, 0.2) is 5.69 Å². The Labute approximate surface area is 106 Å². The highest BCUT2D eigenvalue weighted by molar-refractivity contribution is 5.91. The Morgan fingerprint density at radius 1 is 1.61 bits per heavy atom. The summed E-state index contributed by atoms with van der Waals surface area (Å²) >= 11 is 0. The smallest absolute Gasteiger partial charge is 0.356 e. The molecule has 18 heavy (non-hydrogen) atoms. The minimum Gasteiger partial charge on any atom is -0.464 e. The number of aromatic nitrogens is 2. The molecule has 1 heterocycles. The molecule has 0 atom stereocenters. The molecule has 0 fully saturated rings. The number of esters is 1. The van der Waals surface area contributed by atoms with Gasteiger partial charge in [0.05, 0.1) is 19.1 Å². The molecule has 0 aliphatic heterocycles. The second-order valence-corrected chi connectivity index (χ2v) is 4.06. The number of ether oxygens (including phenoxy) is 1. The molecule has 0 radical (unpaired) electrons. The minimum atomic E-state index is -0.386. The van der Waals surface area contributed by atoms with Crippen molar-refractivity contribution in [2.45, 2.75) is 19.4 Å². The molecule has 0 bridgehead atoms. The average molecular weight is 244 g/mol. The highest BCUT2D eigenvalue weighted by Crippen LogP contribution is 2.16. The van der Waals surface area contributed by atoms with E-state index in [0.717, 1.165) is 12.8 Å². The molecule has 4 heteroatoms. The number of rotatable bonds is 4. The third kappa shape index (κ3) is 2.42. The quantitative estimate of drug-likeness (QED) is 0.765. The second kappa shape index (κ2) is 5.49. The number of nitrogens with zero attached hydrogens (tertiary/aromatic N) is 2. The first-order valence-corrected chi connectivity index (χ1v) is 5.87. The molecule has 1 aromatic rings. The Morgan fingerprint density at radius 3 is 3.06 bits per heavy atom. The van der Waals surface area contributed by atoms with Crippen LogP contribution in [0.15, 0.2) is 36.7 Å². The predicted octanol–water partition coefficient (Wildman–Crippen LogP) is 2.59. The van der Waals surface area contributed by atoms with Crippen LogP contribution in [0.2, 0.25) is 0 Å². The van der Waals surface area contributed by atoms with Gasteiger partial charge >= 0.3 is 5.97 Å². The maximum atomic E-state index is 11.7. The van der Waals surface area contributed by atoms with Crippen LogP contribution >= 0.6 is 0 Å². The van der Waals surface area contributed by atoms with Gasteiger partial charge in [0, 0.05) is 6.54 Å². The summed E-state index contributed by atoms with van der Waals surface area (Å²) in [4.78, 5) is 15.9. The van der Waals surface area contributed by atoms with Crippen LogP contribution in [-0.4, -0.2) is 22.6 Å². The van der Waals surface area contributed by atoms with Crippen LogP contribution in [0, 0.1) is 0 Å². The molecule has 0 spiro atoms. The van der Waals surface area contributed by atoms with Gasteiger partial charge in [0.2, 0.25) is 0 Å². The zero-order chi connectivity index (χ0) is 13.0. The molecule has 4 nitrogen and oxygen atoms in total. The maximum Gasteiger partial charge on any atom is 0.356 e. The molecule has 0 N–H and O–H groups in total. The van der Waals surface area contributed by atoms with Crippen LogP contribution in [-0.2, 0) is 11.3 Å². The Morgan fingerprint density at radius 2 is 2.44 bits per heavy atom. The van der Waals surface area contributed by atoms with E-state index in [4.69, 9.17) is 4.74 Å². The molecule has 1 aliphatic rings. The molecule has 1 aromatic heterocycles. The van der Waals surface area contributed by atoms with E-state index in [1.165, 1.54) is 12.7 Å². The van der Waals surface area contributed by atoms with Crippen LogP contribution in [0.25, 0.3) is 6.08 Å². The topological polar surface area (TPSA) is 44.1 Å². The SMILES string of the molecule is C=Cc1ncn(CC2=CCCC=C2)c1C(=O)OC. The Hall–Kier alpha value is -2.10. The van der Waals surface area contributed by atoms with Gasteiger partial charge in [-0.2, -0.15) is 0 Å². The van der Waals surface area contributed by atoms with E-state index in [1.54, 1.807) is 17.0 Å². The lowest BCUT2D eigenvalue weighted by Gasteiger charge is -2.10. The van der Waals surface area contributed by atoms with Crippen LogP contribution in [0.3, 0.4) is 0 Å². The second-order valence-electron chi connectivity index (χ2n) is 4.06. The first kappa shape index (κ1) is 12.4. The van der Waals surface area contributed by atoms with Crippen molar-refractivity contribution in [2.75, 3.05) is 7.11 Å². The molecule has 1 aliphatic carbocycles. The van der Waals surface area contributed by atoms with Crippen LogP contribution in [0.1, 0.15) is 29.0 Å². The zero-order valence-electron chi connectivity index (χ0n) is 10.4. The van der Waals surface area contributed by atoms with Crippen molar-refractivity contribution in [3.63, 3.8) is 0 Å². The molecule has 0 amide bonds. The fourth-order valence-electron chi connectivity index (χ4n) is 1.97. The van der Waals surface area contributed by atoms with Gasteiger partial charge in [-0.1, -0.05) is 24.8 Å². The van der Waals surface area contributed by atoms with Gasteiger partial charge in [-0.25, -0.2) is 9.78 Å². The van der Waals surface area contributed by atoms with Gasteiger partial charge < -0.3 is 9.30 Å². The largest absolute Gasteiger partial charge is 0.464 e. The summed E-state index contributed by atoms with van der Waals surface area (Å²) in [5.41, 5.74) is 2.19. The molecular formula is C14H16N2O2. The number of methoxy groups -OCH3 is 1. The number of allylic oxidation sites excluding steroid dienone is 4. The fourth-order valence-corrected chi connectivity index (χ4v) is 1.97. The van der Waals surface area contributed by atoms with Crippen LogP contribution in [0.4, 0.5) is 0 Å². The van der Waals surface area contributed by atoms with E-state index in [1.807, 2.05) is 0 Å². The molecule has 0 aromatic carbocycles. The number of imidazole rings is 1. The van der Waals surface area contributed by atoms with Crippen molar-refractivity contribution in [1.29, 1.82) is 0 Å². The van der Waals surface area contributed by atoms with Gasteiger partial charge in [0.25, 0.3) is 0 Å². The third-order valence-electron chi connectivity index (χ3n) is 2.86. The summed E-state index contributed by atoms with van der Waals surface area (Å²) in [7, 11) is 1.37. The van der Waals surface area contributed by atoms with Crippen molar-refractivity contribution in [1.82, 2.24) is 9.55 Å². The van der Waals surface area contributed by atoms with Gasteiger partial charge in [-0.3, -0.25) is 0 Å². The summed E-state index contributed by atoms with van der Waals surface area (Å²) in [6.45, 7) is 4.28. The van der Waals surface area contributed by atoms with Crippen molar-refractivity contribution in [2.24, 2.45) is 0 Å². The number of carbonyl (C=O) groups is 1. The molecular weight excluding hydrogens is 228 g/mol. The van der Waals surface area contributed by atoms with Crippen molar-refractivity contribution < 1.29 is 9.53 Å². The normalized spacial score (nSPS) is 14.2. The van der Waals surface area contributed by atoms with E-state index in [-0.39, 0.29) is 5.97 Å². The lowest BCUT2D eigenvalue weighted by atomic mass is 10.1. The molecule has 0 unspecified atom stereocenters. The molecule has 0 saturated heterocycles. The standard InChI is InChI=1S/C14H16N2O2/c1-3-12-13(14(17)18-2)16(10-15-12)9-11-7-5-4-6-8-11/h3,5,7-8,10H,1,4,6,9H2,2H3. The average Bonchev–Trinajstić information content (AvgIpc) is 2.82. The summed E-state index contributed by atoms with van der Waals surface area (Å²) in [6.07, 6.45) is 11.7. The summed E-state index contributed by atoms with van der Waals surface area (Å²) in [5, 5.41) is 0. The van der Waals surface area contributed by atoms with Crippen molar-refractivity contribution >= 4 is 12.0 Å². The monoisotopic (exact) mass is 244 g/mol. The van der Waals surface area contributed by atoms with E-state index in [9.17, 15) is 4.79 Å². The number of hydrogen-bond acceptors (Lipinski definition) is 3. The minimum absolute atomic E-state index is 0.386. The lowest BCUT2D eigenvalue weighted by Crippen LogP contribution is -2.12. The van der Waals surface area contributed by atoms with Crippen LogP contribution < -0.4 is 0 Å². The van der Waals surface area contributed by atoms with Crippen LogP contribution in [0.5, 0.6) is 0 Å². The summed E-state index contributed by atoms with van der Waals surface area (Å²) < 4.78 is 6.58. The summed E-state index contributed by atoms with van der Waals surface area (Å²) in [6, 6.07) is 0. The van der Waals surface area contributed by atoms with Gasteiger partial charge in [-0.15, -0.1) is 0 Å². The lowest BCUT2D eigenvalue weighted by molar-refractivity contribution is 0.0588. The van der Waals surface area contributed by atoms with E-state index in [2.05, 4.69) is 29.8 Å². The zero-order valence-corrected chi connectivity index (χ0v) is 10.4. The molecule has 94 valence electrons. The predicted molar refractivity (Wildman–Crippen MR) is 70.1 cm³/mol. The third-order valence-corrected chi connectivity index (χ3v) is 2.86. The van der Waals surface area contributed by atoms with Crippen molar-refractivity contribution in [3.05, 3.63) is 48.1 Å². The summed E-state index contributed by atoms with van der Waals surface area (Å²) in [5.74, 6) is -0.386. The number of hydrogen-bond donors (Lipinski definition) is 0. The van der Waals surface area contributed by atoms with Crippen molar-refractivity contribution in [3.8, 4) is 0 Å². The van der Waals surface area contributed by atoms with E-state index >= 15 is 0 Å². The fraction of sp³-hybridized carbons (Fsp3) is 0.286. The highest BCUT2D eigenvalue weighted by Gasteiger charge is 2.17. The first-order chi connectivity index (χ1) is 8.76. The van der Waals surface area contributed by atoms with E-state index in [0.29, 0.717) is 17.9 Å².